The minimum Gasteiger partial charge on any atom is -0.481 e. The Labute approximate surface area is 115 Å². The summed E-state index contributed by atoms with van der Waals surface area (Å²) in [7, 11) is 0. The zero-order valence-corrected chi connectivity index (χ0v) is 11.6. The number of halogens is 2. The van der Waals surface area contributed by atoms with Gasteiger partial charge in [-0.05, 0) is 34.5 Å². The molecule has 0 spiro atoms. The number of carboxylic acid groups (broad SMARTS) is 1. The maximum absolute atomic E-state index is 13.1. The number of thiazole rings is 1. The van der Waals surface area contributed by atoms with Crippen molar-refractivity contribution in [2.75, 3.05) is 0 Å². The van der Waals surface area contributed by atoms with Crippen molar-refractivity contribution in [2.24, 2.45) is 0 Å². The van der Waals surface area contributed by atoms with Gasteiger partial charge in [-0.15, -0.1) is 11.3 Å². The zero-order valence-electron chi connectivity index (χ0n) is 9.19. The van der Waals surface area contributed by atoms with Gasteiger partial charge in [0.2, 0.25) is 0 Å². The number of aromatic nitrogens is 1. The summed E-state index contributed by atoms with van der Waals surface area (Å²) >= 11 is 4.67. The quantitative estimate of drug-likeness (QED) is 0.929. The van der Waals surface area contributed by atoms with Crippen molar-refractivity contribution < 1.29 is 14.3 Å². The molecule has 0 fully saturated rings. The molecule has 0 bridgehead atoms. The van der Waals surface area contributed by atoms with Crippen LogP contribution in [0.25, 0.3) is 10.6 Å². The first-order valence-electron chi connectivity index (χ1n) is 5.19. The molecule has 1 aromatic carbocycles. The van der Waals surface area contributed by atoms with Gasteiger partial charge in [-0.2, -0.15) is 0 Å². The molecule has 0 aliphatic rings. The normalized spacial score (nSPS) is 10.6. The molecule has 0 aliphatic carbocycles. The fourth-order valence-corrected chi connectivity index (χ4v) is 3.14. The Kier molecular flexibility index (Phi) is 4.08. The minimum atomic E-state index is -0.845. The second kappa shape index (κ2) is 5.58. The maximum atomic E-state index is 13.1. The molecule has 0 unspecified atom stereocenters. The molecule has 3 nitrogen and oxygen atoms in total. The molecule has 1 heterocycles. The van der Waals surface area contributed by atoms with Crippen LogP contribution in [0.5, 0.6) is 0 Å². The molecule has 0 saturated carbocycles. The van der Waals surface area contributed by atoms with Crippen LogP contribution in [0.4, 0.5) is 4.39 Å². The highest BCUT2D eigenvalue weighted by atomic mass is 79.9. The van der Waals surface area contributed by atoms with Crippen molar-refractivity contribution in [3.8, 4) is 10.6 Å². The Hall–Kier alpha value is -1.27. The van der Waals surface area contributed by atoms with E-state index >= 15 is 0 Å². The number of nitrogens with zero attached hydrogens (tertiary/aromatic N) is 1. The fourth-order valence-electron chi connectivity index (χ4n) is 1.45. The predicted molar refractivity (Wildman–Crippen MR) is 71.2 cm³/mol. The summed E-state index contributed by atoms with van der Waals surface area (Å²) in [4.78, 5) is 15.7. The lowest BCUT2D eigenvalue weighted by Gasteiger charge is -1.95. The highest BCUT2D eigenvalue weighted by Crippen LogP contribution is 2.32. The number of hydrogen-bond acceptors (Lipinski definition) is 3. The first kappa shape index (κ1) is 13.2. The molecule has 0 amide bonds. The van der Waals surface area contributed by atoms with E-state index in [0.29, 0.717) is 21.6 Å². The topological polar surface area (TPSA) is 50.2 Å². The van der Waals surface area contributed by atoms with E-state index in [-0.39, 0.29) is 12.2 Å². The minimum absolute atomic E-state index is 0.0589. The van der Waals surface area contributed by atoms with Gasteiger partial charge >= 0.3 is 5.97 Å². The average Bonchev–Trinajstić information content (AvgIpc) is 2.68. The van der Waals surface area contributed by atoms with E-state index < -0.39 is 5.97 Å². The summed E-state index contributed by atoms with van der Waals surface area (Å²) < 4.78 is 13.7. The van der Waals surface area contributed by atoms with Gasteiger partial charge in [0, 0.05) is 10.4 Å². The predicted octanol–water partition coefficient (Wildman–Crippen LogP) is 3.73. The number of aliphatic carboxylic acids is 1. The van der Waals surface area contributed by atoms with E-state index in [1.54, 1.807) is 12.1 Å². The molecule has 18 heavy (non-hydrogen) atoms. The van der Waals surface area contributed by atoms with Gasteiger partial charge < -0.3 is 5.11 Å². The van der Waals surface area contributed by atoms with Crippen LogP contribution in [0, 0.1) is 5.82 Å². The van der Waals surface area contributed by atoms with Crippen LogP contribution in [-0.2, 0) is 11.2 Å². The Balaban J connectivity index is 2.25. The second-order valence-corrected chi connectivity index (χ2v) is 5.47. The lowest BCUT2D eigenvalue weighted by Crippen LogP contribution is -1.96. The average molecular weight is 330 g/mol. The third kappa shape index (κ3) is 3.14. The largest absolute Gasteiger partial charge is 0.481 e. The van der Waals surface area contributed by atoms with Crippen LogP contribution < -0.4 is 0 Å². The van der Waals surface area contributed by atoms with E-state index in [4.69, 9.17) is 5.11 Å². The standard InChI is InChI=1S/C12H9BrFNO2S/c13-11-9(4-5-10(16)17)18-12(15-11)7-2-1-3-8(14)6-7/h1-3,6H,4-5H2,(H,16,17). The smallest absolute Gasteiger partial charge is 0.303 e. The maximum Gasteiger partial charge on any atom is 0.303 e. The van der Waals surface area contributed by atoms with Gasteiger partial charge in [0.15, 0.2) is 0 Å². The number of benzene rings is 1. The molecule has 2 rings (SSSR count). The Morgan fingerprint density at radius 2 is 2.28 bits per heavy atom. The summed E-state index contributed by atoms with van der Waals surface area (Å²) in [5.74, 6) is -1.16. The molecule has 0 saturated heterocycles. The van der Waals surface area contributed by atoms with Crippen LogP contribution in [0.1, 0.15) is 11.3 Å². The number of rotatable bonds is 4. The van der Waals surface area contributed by atoms with Crippen LogP contribution >= 0.6 is 27.3 Å². The third-order valence-corrected chi connectivity index (χ3v) is 4.37. The van der Waals surface area contributed by atoms with Crippen molar-refractivity contribution in [3.05, 3.63) is 39.6 Å². The highest BCUT2D eigenvalue weighted by Gasteiger charge is 2.12. The lowest BCUT2D eigenvalue weighted by atomic mass is 10.2. The fraction of sp³-hybridized carbons (Fsp3) is 0.167. The summed E-state index contributed by atoms with van der Waals surface area (Å²) in [6, 6.07) is 6.18. The molecule has 2 aromatic rings. The van der Waals surface area contributed by atoms with Crippen molar-refractivity contribution in [2.45, 2.75) is 12.8 Å². The molecule has 0 aliphatic heterocycles. The van der Waals surface area contributed by atoms with Gasteiger partial charge in [0.1, 0.15) is 15.4 Å². The Bertz CT molecular complexity index is 585. The van der Waals surface area contributed by atoms with Crippen molar-refractivity contribution in [3.63, 3.8) is 0 Å². The molecule has 6 heteroatoms. The van der Waals surface area contributed by atoms with E-state index in [1.807, 2.05) is 0 Å². The molecule has 1 aromatic heterocycles. The number of carbonyl (C=O) groups is 1. The zero-order chi connectivity index (χ0) is 13.1. The summed E-state index contributed by atoms with van der Waals surface area (Å²) in [6.07, 6.45) is 0.478. The number of hydrogen-bond donors (Lipinski definition) is 1. The van der Waals surface area contributed by atoms with Gasteiger partial charge in [0.05, 0.1) is 6.42 Å². The van der Waals surface area contributed by atoms with Gasteiger partial charge in [-0.25, -0.2) is 9.37 Å². The van der Waals surface area contributed by atoms with Crippen molar-refractivity contribution in [1.82, 2.24) is 4.98 Å². The SMILES string of the molecule is O=C(O)CCc1sc(-c2cccc(F)c2)nc1Br. The van der Waals surface area contributed by atoms with Gasteiger partial charge in [-0.1, -0.05) is 12.1 Å². The Morgan fingerprint density at radius 1 is 1.50 bits per heavy atom. The Morgan fingerprint density at radius 3 is 2.94 bits per heavy atom. The summed E-state index contributed by atoms with van der Waals surface area (Å²) in [5.41, 5.74) is 0.697. The number of aryl methyl sites for hydroxylation is 1. The molecule has 0 radical (unpaired) electrons. The van der Waals surface area contributed by atoms with E-state index in [9.17, 15) is 9.18 Å². The van der Waals surface area contributed by atoms with Gasteiger partial charge in [0.25, 0.3) is 0 Å². The summed E-state index contributed by atoms with van der Waals surface area (Å²) in [5, 5.41) is 9.33. The first-order valence-corrected chi connectivity index (χ1v) is 6.80. The number of carboxylic acids is 1. The monoisotopic (exact) mass is 329 g/mol. The molecular weight excluding hydrogens is 321 g/mol. The first-order chi connectivity index (χ1) is 8.56. The summed E-state index contributed by atoms with van der Waals surface area (Å²) in [6.45, 7) is 0. The van der Waals surface area contributed by atoms with Crippen LogP contribution in [-0.4, -0.2) is 16.1 Å². The van der Waals surface area contributed by atoms with E-state index in [2.05, 4.69) is 20.9 Å². The lowest BCUT2D eigenvalue weighted by molar-refractivity contribution is -0.136. The van der Waals surface area contributed by atoms with E-state index in [0.717, 1.165) is 4.88 Å². The van der Waals surface area contributed by atoms with E-state index in [1.165, 1.54) is 23.5 Å². The van der Waals surface area contributed by atoms with Crippen LogP contribution in [0.3, 0.4) is 0 Å². The van der Waals surface area contributed by atoms with Crippen molar-refractivity contribution in [1.29, 1.82) is 0 Å². The molecular formula is C12H9BrFNO2S. The highest BCUT2D eigenvalue weighted by molar-refractivity contribution is 9.10. The molecule has 94 valence electrons. The van der Waals surface area contributed by atoms with Crippen molar-refractivity contribution >= 4 is 33.2 Å². The van der Waals surface area contributed by atoms with Crippen LogP contribution in [0.15, 0.2) is 28.9 Å². The molecule has 0 atom stereocenters. The second-order valence-electron chi connectivity index (χ2n) is 3.64. The van der Waals surface area contributed by atoms with Gasteiger partial charge in [-0.3, -0.25) is 4.79 Å². The van der Waals surface area contributed by atoms with Crippen LogP contribution in [0.2, 0.25) is 0 Å². The third-order valence-electron chi connectivity index (χ3n) is 2.29. The molecule has 1 N–H and O–H groups in total.